The lowest BCUT2D eigenvalue weighted by Crippen LogP contribution is -2.58. The van der Waals surface area contributed by atoms with Crippen molar-refractivity contribution in [3.63, 3.8) is 0 Å². The average molecular weight is 424 g/mol. The molecule has 2 unspecified atom stereocenters. The minimum absolute atomic E-state index is 0.108. The molecule has 1 aliphatic rings. The van der Waals surface area contributed by atoms with E-state index in [9.17, 15) is 13.2 Å². The van der Waals surface area contributed by atoms with E-state index in [1.807, 2.05) is 18.2 Å². The van der Waals surface area contributed by atoms with Gasteiger partial charge in [-0.05, 0) is 38.8 Å². The Kier molecular flexibility index (Phi) is 7.45. The first-order valence-corrected chi connectivity index (χ1v) is 11.6. The molecule has 0 radical (unpaired) electrons. The molecule has 0 bridgehead atoms. The van der Waals surface area contributed by atoms with Crippen molar-refractivity contribution in [1.82, 2.24) is 14.6 Å². The zero-order chi connectivity index (χ0) is 21.8. The molecule has 29 heavy (non-hydrogen) atoms. The minimum atomic E-state index is -3.63. The highest BCUT2D eigenvalue weighted by Crippen LogP contribution is 2.25. The lowest BCUT2D eigenvalue weighted by atomic mass is 9.90. The van der Waals surface area contributed by atoms with E-state index in [0.29, 0.717) is 25.8 Å². The number of pyridine rings is 1. The number of amides is 1. The molecule has 162 valence electrons. The second-order valence-electron chi connectivity index (χ2n) is 8.74. The van der Waals surface area contributed by atoms with E-state index < -0.39 is 28.2 Å². The quantitative estimate of drug-likeness (QED) is 0.758. The summed E-state index contributed by atoms with van der Waals surface area (Å²) in [7, 11) is -3.63. The van der Waals surface area contributed by atoms with Crippen LogP contribution in [0.4, 0.5) is 4.79 Å². The topological polar surface area (TPSA) is 88.6 Å². The number of nitrogens with one attached hydrogen (secondary N) is 1. The number of nitrogens with zero attached hydrogens (tertiary/aromatic N) is 2. The molecule has 8 heteroatoms. The third-order valence-electron chi connectivity index (χ3n) is 4.88. The summed E-state index contributed by atoms with van der Waals surface area (Å²) in [6.45, 7) is 13.7. The summed E-state index contributed by atoms with van der Waals surface area (Å²) >= 11 is 0. The summed E-state index contributed by atoms with van der Waals surface area (Å²) in [5.74, 6) is 0. The molecule has 2 rings (SSSR count). The van der Waals surface area contributed by atoms with Crippen molar-refractivity contribution in [2.45, 2.75) is 77.5 Å². The van der Waals surface area contributed by atoms with E-state index in [1.165, 1.54) is 0 Å². The highest BCUT2D eigenvalue weighted by molar-refractivity contribution is 7.92. The van der Waals surface area contributed by atoms with E-state index in [1.54, 1.807) is 18.7 Å². The number of sulfonamides is 1. The van der Waals surface area contributed by atoms with Gasteiger partial charge in [0, 0.05) is 41.2 Å². The molecular weight excluding hydrogens is 390 g/mol. The van der Waals surface area contributed by atoms with Gasteiger partial charge in [-0.3, -0.25) is 4.98 Å². The Bertz CT molecular complexity index is 831. The Hall–Kier alpha value is -1.93. The van der Waals surface area contributed by atoms with Gasteiger partial charge in [-0.25, -0.2) is 17.9 Å². The van der Waals surface area contributed by atoms with Crippen molar-refractivity contribution in [3.05, 3.63) is 41.6 Å². The molecular formula is C21H33N3O4S. The van der Waals surface area contributed by atoms with Crippen LogP contribution in [0.5, 0.6) is 0 Å². The molecule has 1 amide bonds. The molecule has 2 atom stereocenters. The number of likely N-dealkylation sites (tertiary alicyclic amines) is 1. The molecule has 1 aliphatic heterocycles. The Morgan fingerprint density at radius 2 is 2.10 bits per heavy atom. The average Bonchev–Trinajstić information content (AvgIpc) is 2.62. The van der Waals surface area contributed by atoms with Gasteiger partial charge in [-0.1, -0.05) is 33.4 Å². The number of ether oxygens (including phenoxy) is 1. The fourth-order valence-electron chi connectivity index (χ4n) is 3.43. The van der Waals surface area contributed by atoms with Crippen molar-refractivity contribution in [2.24, 2.45) is 0 Å². The first-order chi connectivity index (χ1) is 13.4. The second kappa shape index (κ2) is 9.26. The van der Waals surface area contributed by atoms with Gasteiger partial charge < -0.3 is 9.64 Å². The number of aromatic nitrogens is 1. The monoisotopic (exact) mass is 423 g/mol. The zero-order valence-corrected chi connectivity index (χ0v) is 18.8. The maximum absolute atomic E-state index is 12.7. The minimum Gasteiger partial charge on any atom is -0.447 e. The van der Waals surface area contributed by atoms with Crippen molar-refractivity contribution >= 4 is 16.1 Å². The number of carbonyl (C=O) groups is 1. The fourth-order valence-corrected chi connectivity index (χ4v) is 4.22. The SMILES string of the molecule is C=CS(=O)(=O)NC1CCCN(C(=O)OC(C)C)C1Cc1cccc(C(C)(C)C)n1. The first-order valence-electron chi connectivity index (χ1n) is 10.0. The third kappa shape index (κ3) is 6.54. The van der Waals surface area contributed by atoms with E-state index in [0.717, 1.165) is 16.8 Å². The Morgan fingerprint density at radius 3 is 2.69 bits per heavy atom. The number of rotatable bonds is 6. The molecule has 1 N–H and O–H groups in total. The normalized spacial score (nSPS) is 20.6. The van der Waals surface area contributed by atoms with Crippen molar-refractivity contribution in [3.8, 4) is 0 Å². The Balaban J connectivity index is 2.36. The third-order valence-corrected chi connectivity index (χ3v) is 5.95. The molecule has 1 aromatic rings. The lowest BCUT2D eigenvalue weighted by Gasteiger charge is -2.41. The van der Waals surface area contributed by atoms with Crippen LogP contribution in [-0.2, 0) is 26.6 Å². The Labute approximate surface area is 174 Å². The van der Waals surface area contributed by atoms with Crippen LogP contribution in [0.2, 0.25) is 0 Å². The summed E-state index contributed by atoms with van der Waals surface area (Å²) in [6, 6.07) is 5.01. The predicted molar refractivity (Wildman–Crippen MR) is 114 cm³/mol. The molecule has 1 saturated heterocycles. The fraction of sp³-hybridized carbons (Fsp3) is 0.619. The van der Waals surface area contributed by atoms with Crippen LogP contribution < -0.4 is 4.72 Å². The standard InChI is InChI=1S/C21H33N3O4S/c1-7-29(26,27)23-17-11-9-13-24(20(25)28-15(2)3)18(17)14-16-10-8-12-19(22-16)21(4,5)6/h7-8,10,12,15,17-18,23H,1,9,11,13-14H2,2-6H3. The number of hydrogen-bond acceptors (Lipinski definition) is 5. The highest BCUT2D eigenvalue weighted by atomic mass is 32.2. The Morgan fingerprint density at radius 1 is 1.41 bits per heavy atom. The van der Waals surface area contributed by atoms with Crippen molar-refractivity contribution < 1.29 is 17.9 Å². The van der Waals surface area contributed by atoms with Gasteiger partial charge in [-0.2, -0.15) is 0 Å². The van der Waals surface area contributed by atoms with Crippen LogP contribution in [0.15, 0.2) is 30.2 Å². The molecule has 0 saturated carbocycles. The molecule has 0 aromatic carbocycles. The van der Waals surface area contributed by atoms with Crippen LogP contribution in [-0.4, -0.2) is 49.1 Å². The van der Waals surface area contributed by atoms with E-state index in [4.69, 9.17) is 9.72 Å². The number of piperidine rings is 1. The smallest absolute Gasteiger partial charge is 0.410 e. The largest absolute Gasteiger partial charge is 0.447 e. The molecule has 2 heterocycles. The summed E-state index contributed by atoms with van der Waals surface area (Å²) in [5, 5.41) is 0.897. The van der Waals surface area contributed by atoms with E-state index >= 15 is 0 Å². The van der Waals surface area contributed by atoms with Crippen LogP contribution in [0.1, 0.15) is 58.8 Å². The maximum Gasteiger partial charge on any atom is 0.410 e. The lowest BCUT2D eigenvalue weighted by molar-refractivity contribution is 0.0459. The zero-order valence-electron chi connectivity index (χ0n) is 18.0. The number of carbonyl (C=O) groups excluding carboxylic acids is 1. The van der Waals surface area contributed by atoms with Gasteiger partial charge >= 0.3 is 6.09 Å². The maximum atomic E-state index is 12.7. The van der Waals surface area contributed by atoms with Gasteiger partial charge in [0.2, 0.25) is 10.0 Å². The van der Waals surface area contributed by atoms with Crippen molar-refractivity contribution in [1.29, 1.82) is 0 Å². The molecule has 1 aromatic heterocycles. The van der Waals surface area contributed by atoms with Gasteiger partial charge in [0.25, 0.3) is 0 Å². The first kappa shape index (κ1) is 23.3. The predicted octanol–water partition coefficient (Wildman–Crippen LogP) is 3.36. The van der Waals surface area contributed by atoms with Crippen molar-refractivity contribution in [2.75, 3.05) is 6.54 Å². The van der Waals surface area contributed by atoms with Gasteiger partial charge in [0.1, 0.15) is 0 Å². The van der Waals surface area contributed by atoms with Gasteiger partial charge in [0.15, 0.2) is 0 Å². The van der Waals surface area contributed by atoms with Crippen LogP contribution in [0.25, 0.3) is 0 Å². The molecule has 0 aliphatic carbocycles. The molecule has 0 spiro atoms. The van der Waals surface area contributed by atoms with Gasteiger partial charge in [0.05, 0.1) is 12.1 Å². The number of hydrogen-bond donors (Lipinski definition) is 1. The van der Waals surface area contributed by atoms with E-state index in [2.05, 4.69) is 32.1 Å². The van der Waals surface area contributed by atoms with Crippen LogP contribution in [0.3, 0.4) is 0 Å². The van der Waals surface area contributed by atoms with Crippen LogP contribution in [0, 0.1) is 0 Å². The summed E-state index contributed by atoms with van der Waals surface area (Å²) in [5.41, 5.74) is 1.66. The highest BCUT2D eigenvalue weighted by Gasteiger charge is 2.37. The van der Waals surface area contributed by atoms with Gasteiger partial charge in [-0.15, -0.1) is 0 Å². The second-order valence-corrected chi connectivity index (χ2v) is 10.4. The summed E-state index contributed by atoms with van der Waals surface area (Å²) in [4.78, 5) is 19.1. The van der Waals surface area contributed by atoms with Crippen LogP contribution >= 0.6 is 0 Å². The van der Waals surface area contributed by atoms with E-state index in [-0.39, 0.29) is 11.5 Å². The summed E-state index contributed by atoms with van der Waals surface area (Å²) in [6.07, 6.45) is 1.06. The molecule has 1 fully saturated rings. The summed E-state index contributed by atoms with van der Waals surface area (Å²) < 4.78 is 32.3. The molecule has 7 nitrogen and oxygen atoms in total.